The highest BCUT2D eigenvalue weighted by molar-refractivity contribution is 5.70. The Morgan fingerprint density at radius 3 is 2.29 bits per heavy atom. The van der Waals surface area contributed by atoms with E-state index in [0.717, 1.165) is 12.8 Å². The number of unbranched alkanes of at least 4 members (excludes halogenated alkanes) is 4. The first-order chi connectivity index (χ1) is 8.08. The lowest BCUT2D eigenvalue weighted by atomic mass is 9.90. The second-order valence-electron chi connectivity index (χ2n) is 4.72. The van der Waals surface area contributed by atoms with E-state index in [-0.39, 0.29) is 12.4 Å². The number of ether oxygens (including phenoxy) is 1. The molecule has 0 aliphatic heterocycles. The molecule has 0 saturated heterocycles. The Kier molecular flexibility index (Phi) is 9.14. The second kappa shape index (κ2) is 9.46. The van der Waals surface area contributed by atoms with Gasteiger partial charge in [0.15, 0.2) is 0 Å². The normalized spacial score (nSPS) is 14.4. The quantitative estimate of drug-likeness (QED) is 0.473. The van der Waals surface area contributed by atoms with E-state index in [9.17, 15) is 9.90 Å². The van der Waals surface area contributed by atoms with Crippen molar-refractivity contribution in [1.29, 1.82) is 0 Å². The van der Waals surface area contributed by atoms with Crippen LogP contribution in [0.1, 0.15) is 72.1 Å². The van der Waals surface area contributed by atoms with Crippen LogP contribution in [0.4, 0.5) is 0 Å². The Bertz CT molecular complexity index is 204. The van der Waals surface area contributed by atoms with Crippen LogP contribution in [0.25, 0.3) is 0 Å². The van der Waals surface area contributed by atoms with Gasteiger partial charge in [0.25, 0.3) is 0 Å². The van der Waals surface area contributed by atoms with Gasteiger partial charge in [0.2, 0.25) is 0 Å². The van der Waals surface area contributed by atoms with Crippen LogP contribution < -0.4 is 0 Å². The van der Waals surface area contributed by atoms with Gasteiger partial charge in [-0.1, -0.05) is 46.0 Å². The third-order valence-corrected chi connectivity index (χ3v) is 3.18. The van der Waals surface area contributed by atoms with Gasteiger partial charge in [-0.05, 0) is 19.8 Å². The van der Waals surface area contributed by atoms with E-state index >= 15 is 0 Å². The molecule has 0 aliphatic rings. The maximum Gasteiger partial charge on any atom is 0.308 e. The molecule has 0 aromatic rings. The molecule has 0 aliphatic carbocycles. The molecular formula is C14H28O3. The maximum atomic E-state index is 11.4. The standard InChI is InChI=1S/C14H28O3/c1-4-7-8-9-10-11-14(16,5-2)12-13(15)17-6-3/h16H,4-12H2,1-3H3. The van der Waals surface area contributed by atoms with Crippen molar-refractivity contribution in [2.75, 3.05) is 6.61 Å². The van der Waals surface area contributed by atoms with Gasteiger partial charge in [-0.3, -0.25) is 4.79 Å². The third-order valence-electron chi connectivity index (χ3n) is 3.18. The van der Waals surface area contributed by atoms with Gasteiger partial charge >= 0.3 is 5.97 Å². The van der Waals surface area contributed by atoms with Gasteiger partial charge in [-0.2, -0.15) is 0 Å². The molecule has 0 fully saturated rings. The number of rotatable bonds is 10. The van der Waals surface area contributed by atoms with Gasteiger partial charge in [0.1, 0.15) is 0 Å². The highest BCUT2D eigenvalue weighted by atomic mass is 16.5. The van der Waals surface area contributed by atoms with E-state index in [2.05, 4.69) is 6.92 Å². The molecular weight excluding hydrogens is 216 g/mol. The minimum absolute atomic E-state index is 0.130. The van der Waals surface area contributed by atoms with E-state index in [1.165, 1.54) is 19.3 Å². The van der Waals surface area contributed by atoms with E-state index in [1.54, 1.807) is 6.92 Å². The fraction of sp³-hybridized carbons (Fsp3) is 0.929. The van der Waals surface area contributed by atoms with Crippen LogP contribution >= 0.6 is 0 Å². The maximum absolute atomic E-state index is 11.4. The summed E-state index contributed by atoms with van der Waals surface area (Å²) in [6.07, 6.45) is 7.26. The van der Waals surface area contributed by atoms with Gasteiger partial charge < -0.3 is 9.84 Å². The Hall–Kier alpha value is -0.570. The predicted octanol–water partition coefficient (Wildman–Crippen LogP) is 3.44. The van der Waals surface area contributed by atoms with Crippen LogP contribution in [0.3, 0.4) is 0 Å². The van der Waals surface area contributed by atoms with Crippen molar-refractivity contribution < 1.29 is 14.6 Å². The highest BCUT2D eigenvalue weighted by Crippen LogP contribution is 2.23. The predicted molar refractivity (Wildman–Crippen MR) is 69.9 cm³/mol. The number of aliphatic hydroxyl groups is 1. The van der Waals surface area contributed by atoms with Crippen LogP contribution in [-0.4, -0.2) is 23.3 Å². The fourth-order valence-corrected chi connectivity index (χ4v) is 1.93. The largest absolute Gasteiger partial charge is 0.466 e. The molecule has 0 saturated carbocycles. The molecule has 0 bridgehead atoms. The van der Waals surface area contributed by atoms with Crippen molar-refractivity contribution in [2.24, 2.45) is 0 Å². The lowest BCUT2D eigenvalue weighted by molar-refractivity contribution is -0.149. The zero-order valence-electron chi connectivity index (χ0n) is 11.6. The number of hydrogen-bond donors (Lipinski definition) is 1. The zero-order chi connectivity index (χ0) is 13.1. The van der Waals surface area contributed by atoms with Crippen LogP contribution in [0.15, 0.2) is 0 Å². The Morgan fingerprint density at radius 2 is 1.76 bits per heavy atom. The third kappa shape index (κ3) is 8.19. The molecule has 1 N–H and O–H groups in total. The summed E-state index contributed by atoms with van der Waals surface area (Å²) in [5.41, 5.74) is -0.863. The monoisotopic (exact) mass is 244 g/mol. The smallest absolute Gasteiger partial charge is 0.308 e. The Morgan fingerprint density at radius 1 is 1.12 bits per heavy atom. The van der Waals surface area contributed by atoms with Gasteiger partial charge in [0.05, 0.1) is 18.6 Å². The van der Waals surface area contributed by atoms with Crippen LogP contribution in [0, 0.1) is 0 Å². The summed E-state index contributed by atoms with van der Waals surface area (Å²) in [5.74, 6) is -0.287. The Balaban J connectivity index is 3.88. The van der Waals surface area contributed by atoms with Crippen LogP contribution in [0.5, 0.6) is 0 Å². The molecule has 17 heavy (non-hydrogen) atoms. The summed E-state index contributed by atoms with van der Waals surface area (Å²) in [6, 6.07) is 0. The summed E-state index contributed by atoms with van der Waals surface area (Å²) in [5, 5.41) is 10.3. The number of esters is 1. The van der Waals surface area contributed by atoms with Gasteiger partial charge in [0, 0.05) is 0 Å². The topological polar surface area (TPSA) is 46.5 Å². The molecule has 0 rings (SSSR count). The molecule has 1 atom stereocenters. The van der Waals surface area contributed by atoms with Crippen molar-refractivity contribution in [1.82, 2.24) is 0 Å². The van der Waals surface area contributed by atoms with Gasteiger partial charge in [-0.25, -0.2) is 0 Å². The molecule has 3 heteroatoms. The molecule has 0 radical (unpaired) electrons. The lowest BCUT2D eigenvalue weighted by Gasteiger charge is -2.25. The highest BCUT2D eigenvalue weighted by Gasteiger charge is 2.28. The molecule has 0 spiro atoms. The first-order valence-electron chi connectivity index (χ1n) is 6.96. The lowest BCUT2D eigenvalue weighted by Crippen LogP contribution is -2.31. The summed E-state index contributed by atoms with van der Waals surface area (Å²) in [7, 11) is 0. The minimum Gasteiger partial charge on any atom is -0.466 e. The van der Waals surface area contributed by atoms with E-state index in [0.29, 0.717) is 19.4 Å². The average Bonchev–Trinajstić information content (AvgIpc) is 2.29. The van der Waals surface area contributed by atoms with Crippen molar-refractivity contribution in [3.63, 3.8) is 0 Å². The van der Waals surface area contributed by atoms with Crippen molar-refractivity contribution in [3.05, 3.63) is 0 Å². The van der Waals surface area contributed by atoms with E-state index in [4.69, 9.17) is 4.74 Å². The summed E-state index contributed by atoms with van der Waals surface area (Å²) in [4.78, 5) is 11.4. The first-order valence-corrected chi connectivity index (χ1v) is 6.96. The number of hydrogen-bond acceptors (Lipinski definition) is 3. The molecule has 0 aromatic heterocycles. The molecule has 0 amide bonds. The Labute approximate surface area is 106 Å². The van der Waals surface area contributed by atoms with Crippen molar-refractivity contribution in [2.45, 2.75) is 77.7 Å². The zero-order valence-corrected chi connectivity index (χ0v) is 11.6. The minimum atomic E-state index is -0.863. The summed E-state index contributed by atoms with van der Waals surface area (Å²) < 4.78 is 4.89. The molecule has 3 nitrogen and oxygen atoms in total. The van der Waals surface area contributed by atoms with Crippen molar-refractivity contribution >= 4 is 5.97 Å². The summed E-state index contributed by atoms with van der Waals surface area (Å²) in [6.45, 7) is 6.27. The fourth-order valence-electron chi connectivity index (χ4n) is 1.93. The van der Waals surface area contributed by atoms with E-state index in [1.807, 2.05) is 6.92 Å². The van der Waals surface area contributed by atoms with Crippen LogP contribution in [0.2, 0.25) is 0 Å². The van der Waals surface area contributed by atoms with Crippen LogP contribution in [-0.2, 0) is 9.53 Å². The molecule has 0 heterocycles. The first kappa shape index (κ1) is 16.4. The molecule has 102 valence electrons. The number of carbonyl (C=O) groups is 1. The molecule has 0 aromatic carbocycles. The molecule has 1 unspecified atom stereocenters. The summed E-state index contributed by atoms with van der Waals surface area (Å²) >= 11 is 0. The van der Waals surface area contributed by atoms with Crippen molar-refractivity contribution in [3.8, 4) is 0 Å². The SMILES string of the molecule is CCCCCCCC(O)(CC)CC(=O)OCC. The van der Waals surface area contributed by atoms with E-state index < -0.39 is 5.60 Å². The number of carbonyl (C=O) groups excluding carboxylic acids is 1. The average molecular weight is 244 g/mol. The second-order valence-corrected chi connectivity index (χ2v) is 4.72. The van der Waals surface area contributed by atoms with Gasteiger partial charge in [-0.15, -0.1) is 0 Å².